The third-order valence-corrected chi connectivity index (χ3v) is 4.34. The highest BCUT2D eigenvalue weighted by Crippen LogP contribution is 2.22. The van der Waals surface area contributed by atoms with Gasteiger partial charge in [0, 0.05) is 6.42 Å². The van der Waals surface area contributed by atoms with Gasteiger partial charge in [0.2, 0.25) is 0 Å². The zero-order valence-electron chi connectivity index (χ0n) is 16.9. The fourth-order valence-electron chi connectivity index (χ4n) is 2.85. The summed E-state index contributed by atoms with van der Waals surface area (Å²) in [6.07, 6.45) is 1.56. The molecule has 0 radical (unpaired) electrons. The van der Waals surface area contributed by atoms with Crippen molar-refractivity contribution in [1.82, 2.24) is 5.32 Å². The van der Waals surface area contributed by atoms with E-state index in [1.165, 1.54) is 19.4 Å². The molecule has 0 unspecified atom stereocenters. The lowest BCUT2D eigenvalue weighted by Gasteiger charge is -2.17. The molecule has 0 bridgehead atoms. The van der Waals surface area contributed by atoms with Gasteiger partial charge in [-0.05, 0) is 29.8 Å². The van der Waals surface area contributed by atoms with Gasteiger partial charge in [-0.2, -0.15) is 0 Å². The maximum absolute atomic E-state index is 12.7. The van der Waals surface area contributed by atoms with Gasteiger partial charge in [-0.25, -0.2) is 4.79 Å². The molecule has 3 rings (SSSR count). The Morgan fingerprint density at radius 2 is 1.71 bits per heavy atom. The van der Waals surface area contributed by atoms with E-state index in [0.29, 0.717) is 11.4 Å². The summed E-state index contributed by atoms with van der Waals surface area (Å²) in [5.41, 5.74) is 1.28. The van der Waals surface area contributed by atoms with Crippen LogP contribution in [0, 0.1) is 0 Å². The Balaban J connectivity index is 1.63. The molecule has 1 aromatic heterocycles. The fourth-order valence-corrected chi connectivity index (χ4v) is 2.85. The lowest BCUT2D eigenvalue weighted by molar-refractivity contribution is -0.149. The van der Waals surface area contributed by atoms with Crippen molar-refractivity contribution >= 4 is 23.5 Å². The molecule has 1 heterocycles. The zero-order valence-corrected chi connectivity index (χ0v) is 16.9. The third kappa shape index (κ3) is 6.20. The molecule has 1 atom stereocenters. The molecule has 0 saturated heterocycles. The number of hydrogen-bond donors (Lipinski definition) is 2. The highest BCUT2D eigenvalue weighted by Gasteiger charge is 2.25. The van der Waals surface area contributed by atoms with Crippen LogP contribution in [-0.2, 0) is 20.7 Å². The van der Waals surface area contributed by atoms with Gasteiger partial charge >= 0.3 is 5.97 Å². The van der Waals surface area contributed by atoms with Crippen LogP contribution in [0.25, 0.3) is 0 Å². The minimum Gasteiger partial charge on any atom is -0.495 e. The molecule has 0 saturated carbocycles. The van der Waals surface area contributed by atoms with E-state index in [1.807, 2.05) is 30.3 Å². The lowest BCUT2D eigenvalue weighted by Crippen LogP contribution is -2.44. The number of ether oxygens (including phenoxy) is 2. The summed E-state index contributed by atoms with van der Waals surface area (Å²) in [5.74, 6) is -1.27. The van der Waals surface area contributed by atoms with Crippen LogP contribution in [0.15, 0.2) is 77.4 Å². The van der Waals surface area contributed by atoms with Crippen LogP contribution in [0.2, 0.25) is 0 Å². The molecule has 3 aromatic rings. The number of carbonyl (C=O) groups excluding carboxylic acids is 3. The largest absolute Gasteiger partial charge is 0.495 e. The Morgan fingerprint density at radius 1 is 0.968 bits per heavy atom. The predicted molar refractivity (Wildman–Crippen MR) is 113 cm³/mol. The average Bonchev–Trinajstić information content (AvgIpc) is 3.33. The van der Waals surface area contributed by atoms with Crippen molar-refractivity contribution in [2.45, 2.75) is 12.5 Å². The monoisotopic (exact) mass is 422 g/mol. The summed E-state index contributed by atoms with van der Waals surface area (Å²) in [7, 11) is 1.49. The number of hydrogen-bond acceptors (Lipinski definition) is 6. The molecule has 8 heteroatoms. The maximum Gasteiger partial charge on any atom is 0.329 e. The normalized spacial score (nSPS) is 11.3. The summed E-state index contributed by atoms with van der Waals surface area (Å²) in [6, 6.07) is 18.1. The van der Waals surface area contributed by atoms with Crippen LogP contribution < -0.4 is 15.4 Å². The molecule has 0 aliphatic heterocycles. The van der Waals surface area contributed by atoms with Gasteiger partial charge in [0.15, 0.2) is 12.4 Å². The van der Waals surface area contributed by atoms with Crippen molar-refractivity contribution in [3.63, 3.8) is 0 Å². The van der Waals surface area contributed by atoms with E-state index in [9.17, 15) is 14.4 Å². The molecule has 2 aromatic carbocycles. The van der Waals surface area contributed by atoms with E-state index in [-0.39, 0.29) is 12.2 Å². The summed E-state index contributed by atoms with van der Waals surface area (Å²) in [6.45, 7) is -0.515. The highest BCUT2D eigenvalue weighted by molar-refractivity contribution is 5.96. The van der Waals surface area contributed by atoms with Gasteiger partial charge in [0.05, 0.1) is 19.1 Å². The molecule has 0 aliphatic carbocycles. The first-order valence-corrected chi connectivity index (χ1v) is 9.54. The molecule has 160 valence electrons. The van der Waals surface area contributed by atoms with E-state index in [1.54, 1.807) is 30.3 Å². The highest BCUT2D eigenvalue weighted by atomic mass is 16.5. The van der Waals surface area contributed by atoms with E-state index < -0.39 is 30.4 Å². The fraction of sp³-hybridized carbons (Fsp3) is 0.174. The molecule has 0 aliphatic rings. The quantitative estimate of drug-likeness (QED) is 0.514. The second-order valence-corrected chi connectivity index (χ2v) is 6.55. The predicted octanol–water partition coefficient (Wildman–Crippen LogP) is 2.81. The van der Waals surface area contributed by atoms with Crippen LogP contribution >= 0.6 is 0 Å². The van der Waals surface area contributed by atoms with Crippen molar-refractivity contribution in [2.75, 3.05) is 19.0 Å². The maximum atomic E-state index is 12.7. The van der Waals surface area contributed by atoms with Gasteiger partial charge in [-0.15, -0.1) is 0 Å². The summed E-state index contributed by atoms with van der Waals surface area (Å²) >= 11 is 0. The molecular formula is C23H22N2O6. The number of rotatable bonds is 9. The third-order valence-electron chi connectivity index (χ3n) is 4.34. The minimum absolute atomic E-state index is 0.0692. The smallest absolute Gasteiger partial charge is 0.329 e. The van der Waals surface area contributed by atoms with Crippen LogP contribution in [-0.4, -0.2) is 37.5 Å². The number of carbonyl (C=O) groups is 3. The Hall–Kier alpha value is -4.07. The van der Waals surface area contributed by atoms with Crippen LogP contribution in [0.1, 0.15) is 16.1 Å². The van der Waals surface area contributed by atoms with E-state index >= 15 is 0 Å². The van der Waals surface area contributed by atoms with Gasteiger partial charge < -0.3 is 24.5 Å². The second kappa shape index (κ2) is 10.6. The van der Waals surface area contributed by atoms with Gasteiger partial charge in [-0.1, -0.05) is 42.5 Å². The molecule has 0 fully saturated rings. The molecule has 2 N–H and O–H groups in total. The minimum atomic E-state index is -1.00. The molecule has 2 amide bonds. The van der Waals surface area contributed by atoms with E-state index in [2.05, 4.69) is 10.6 Å². The zero-order chi connectivity index (χ0) is 22.1. The first-order valence-electron chi connectivity index (χ1n) is 9.54. The number of anilines is 1. The van der Waals surface area contributed by atoms with Gasteiger partial charge in [0.1, 0.15) is 11.8 Å². The van der Waals surface area contributed by atoms with Gasteiger partial charge in [-0.3, -0.25) is 9.59 Å². The van der Waals surface area contributed by atoms with Crippen molar-refractivity contribution in [1.29, 1.82) is 0 Å². The Bertz CT molecular complexity index is 1020. The number of amides is 2. The summed E-state index contributed by atoms with van der Waals surface area (Å²) in [5, 5.41) is 5.23. The van der Waals surface area contributed by atoms with Crippen molar-refractivity contribution in [3.05, 3.63) is 84.3 Å². The van der Waals surface area contributed by atoms with Crippen molar-refractivity contribution < 1.29 is 28.3 Å². The van der Waals surface area contributed by atoms with Crippen molar-refractivity contribution in [2.24, 2.45) is 0 Å². The molecular weight excluding hydrogens is 400 g/mol. The number of esters is 1. The Morgan fingerprint density at radius 3 is 2.42 bits per heavy atom. The van der Waals surface area contributed by atoms with Crippen LogP contribution in [0.5, 0.6) is 5.75 Å². The number of furan rings is 1. The standard InChI is InChI=1S/C23H22N2O6/c1-29-19-11-6-5-10-17(19)24-21(26)15-31-23(28)18(14-16-8-3-2-4-9-16)25-22(27)20-12-7-13-30-20/h2-13,18H,14-15H2,1H3,(H,24,26)(H,25,27)/t18-/m0/s1. The number of methoxy groups -OCH3 is 1. The lowest BCUT2D eigenvalue weighted by atomic mass is 10.1. The SMILES string of the molecule is COc1ccccc1NC(=O)COC(=O)[C@H](Cc1ccccc1)NC(=O)c1ccco1. The van der Waals surface area contributed by atoms with E-state index in [4.69, 9.17) is 13.9 Å². The topological polar surface area (TPSA) is 107 Å². The number of para-hydroxylation sites is 2. The van der Waals surface area contributed by atoms with Crippen LogP contribution in [0.4, 0.5) is 5.69 Å². The van der Waals surface area contributed by atoms with Gasteiger partial charge in [0.25, 0.3) is 11.8 Å². The Labute approximate surface area is 179 Å². The number of nitrogens with one attached hydrogen (secondary N) is 2. The van der Waals surface area contributed by atoms with E-state index in [0.717, 1.165) is 5.56 Å². The first kappa shape index (κ1) is 21.6. The average molecular weight is 422 g/mol. The summed E-state index contributed by atoms with van der Waals surface area (Å²) in [4.78, 5) is 37.2. The molecule has 8 nitrogen and oxygen atoms in total. The molecule has 0 spiro atoms. The van der Waals surface area contributed by atoms with Crippen molar-refractivity contribution in [3.8, 4) is 5.75 Å². The Kier molecular flexibility index (Phi) is 7.42. The molecule has 31 heavy (non-hydrogen) atoms. The summed E-state index contributed by atoms with van der Waals surface area (Å²) < 4.78 is 15.4. The van der Waals surface area contributed by atoms with Crippen LogP contribution in [0.3, 0.4) is 0 Å². The number of benzene rings is 2. The first-order chi connectivity index (χ1) is 15.1. The second-order valence-electron chi connectivity index (χ2n) is 6.55.